The number of methoxy groups -OCH3 is 1. The molecule has 3 rings (SSSR count). The van der Waals surface area contributed by atoms with Gasteiger partial charge in [-0.05, 0) is 47.0 Å². The first-order chi connectivity index (χ1) is 14.6. The van der Waals surface area contributed by atoms with E-state index in [1.54, 1.807) is 37.6 Å². The molecule has 0 spiro atoms. The Morgan fingerprint density at radius 3 is 2.57 bits per heavy atom. The van der Waals surface area contributed by atoms with Crippen molar-refractivity contribution in [1.29, 1.82) is 0 Å². The van der Waals surface area contributed by atoms with E-state index in [4.69, 9.17) is 15.2 Å². The van der Waals surface area contributed by atoms with Gasteiger partial charge in [-0.3, -0.25) is 0 Å². The molecule has 0 atom stereocenters. The Hall–Kier alpha value is -3.32. The fourth-order valence-corrected chi connectivity index (χ4v) is 3.20. The summed E-state index contributed by atoms with van der Waals surface area (Å²) in [5.74, 6) is 1.54. The number of amidine groups is 1. The van der Waals surface area contributed by atoms with E-state index in [0.29, 0.717) is 16.7 Å². The van der Waals surface area contributed by atoms with E-state index in [0.717, 1.165) is 16.9 Å². The quantitative estimate of drug-likeness (QED) is 0.315. The van der Waals surface area contributed by atoms with E-state index < -0.39 is 0 Å². The van der Waals surface area contributed by atoms with Gasteiger partial charge in [0, 0.05) is 5.75 Å². The fourth-order valence-electron chi connectivity index (χ4n) is 2.58. The molecule has 7 heteroatoms. The highest BCUT2D eigenvalue weighted by atomic mass is 32.2. The Morgan fingerprint density at radius 1 is 1.00 bits per heavy atom. The van der Waals surface area contributed by atoms with Crippen molar-refractivity contribution < 1.29 is 13.9 Å². The van der Waals surface area contributed by atoms with Gasteiger partial charge in [0.05, 0.1) is 13.3 Å². The molecular weight excluding hydrogens is 401 g/mol. The molecule has 0 fully saturated rings. The minimum absolute atomic E-state index is 0.237. The first-order valence-corrected chi connectivity index (χ1v) is 10.2. The number of halogens is 1. The highest BCUT2D eigenvalue weighted by Gasteiger charge is 2.06. The van der Waals surface area contributed by atoms with E-state index in [2.05, 4.69) is 10.2 Å². The lowest BCUT2D eigenvalue weighted by Crippen LogP contribution is -2.06. The second kappa shape index (κ2) is 11.0. The number of nitrogens with zero attached hydrogens (tertiary/aromatic N) is 2. The third kappa shape index (κ3) is 6.63. The van der Waals surface area contributed by atoms with Crippen LogP contribution in [0.4, 0.5) is 4.39 Å². The van der Waals surface area contributed by atoms with Crippen LogP contribution in [0.25, 0.3) is 0 Å². The lowest BCUT2D eigenvalue weighted by atomic mass is 10.2. The number of hydrogen-bond donors (Lipinski definition) is 1. The average Bonchev–Trinajstić information content (AvgIpc) is 2.77. The molecule has 0 unspecified atom stereocenters. The van der Waals surface area contributed by atoms with Crippen molar-refractivity contribution in [3.8, 4) is 11.5 Å². The van der Waals surface area contributed by atoms with Crippen LogP contribution in [0.1, 0.15) is 16.7 Å². The molecule has 154 valence electrons. The average molecular weight is 424 g/mol. The number of ether oxygens (including phenoxy) is 2. The molecule has 3 aromatic rings. The standard InChI is InChI=1S/C23H22FN3O2S/c1-28-22-13-18(10-11-21(22)29-15-19-8-5-9-20(24)12-19)14-26-27-23(25)30-16-17-6-3-2-4-7-17/h2-14H,15-16H2,1H3,(H2,25,27). The van der Waals surface area contributed by atoms with Crippen LogP contribution in [0, 0.1) is 5.82 Å². The van der Waals surface area contributed by atoms with E-state index in [1.807, 2.05) is 36.4 Å². The van der Waals surface area contributed by atoms with E-state index in [1.165, 1.54) is 29.5 Å². The number of benzene rings is 3. The molecular formula is C23H22FN3O2S. The second-order valence-electron chi connectivity index (χ2n) is 6.29. The van der Waals surface area contributed by atoms with Gasteiger partial charge in [0.25, 0.3) is 0 Å². The number of rotatable bonds is 8. The highest BCUT2D eigenvalue weighted by Crippen LogP contribution is 2.28. The molecule has 2 N–H and O–H groups in total. The van der Waals surface area contributed by atoms with Crippen molar-refractivity contribution in [3.05, 3.63) is 95.3 Å². The zero-order valence-corrected chi connectivity index (χ0v) is 17.3. The third-order valence-electron chi connectivity index (χ3n) is 4.06. The third-order valence-corrected chi connectivity index (χ3v) is 4.92. The summed E-state index contributed by atoms with van der Waals surface area (Å²) in [6, 6.07) is 21.7. The molecule has 0 aliphatic carbocycles. The number of nitrogens with two attached hydrogens (primary N) is 1. The van der Waals surface area contributed by atoms with Crippen LogP contribution < -0.4 is 15.2 Å². The van der Waals surface area contributed by atoms with Gasteiger partial charge in [0.1, 0.15) is 12.4 Å². The molecule has 5 nitrogen and oxygen atoms in total. The molecule has 0 aliphatic rings. The van der Waals surface area contributed by atoms with Crippen molar-refractivity contribution in [3.63, 3.8) is 0 Å². The molecule has 0 radical (unpaired) electrons. The van der Waals surface area contributed by atoms with Gasteiger partial charge in [0.2, 0.25) is 0 Å². The first-order valence-electron chi connectivity index (χ1n) is 9.22. The van der Waals surface area contributed by atoms with E-state index in [9.17, 15) is 4.39 Å². The molecule has 0 saturated carbocycles. The molecule has 30 heavy (non-hydrogen) atoms. The van der Waals surface area contributed by atoms with Crippen LogP contribution in [0.15, 0.2) is 83.0 Å². The van der Waals surface area contributed by atoms with Gasteiger partial charge in [-0.1, -0.05) is 54.2 Å². The Morgan fingerprint density at radius 2 is 1.80 bits per heavy atom. The summed E-state index contributed by atoms with van der Waals surface area (Å²) in [5.41, 5.74) is 8.59. The first kappa shape index (κ1) is 21.4. The maximum absolute atomic E-state index is 13.3. The Labute approximate surface area is 179 Å². The number of thioether (sulfide) groups is 1. The van der Waals surface area contributed by atoms with Gasteiger partial charge >= 0.3 is 0 Å². The largest absolute Gasteiger partial charge is 0.493 e. The maximum atomic E-state index is 13.3. The van der Waals surface area contributed by atoms with Gasteiger partial charge in [-0.15, -0.1) is 5.10 Å². The smallest absolute Gasteiger partial charge is 0.180 e. The van der Waals surface area contributed by atoms with Gasteiger partial charge in [-0.25, -0.2) is 4.39 Å². The van der Waals surface area contributed by atoms with Crippen molar-refractivity contribution >= 4 is 23.1 Å². The van der Waals surface area contributed by atoms with Crippen molar-refractivity contribution in [1.82, 2.24) is 0 Å². The van der Waals surface area contributed by atoms with Crippen LogP contribution in [-0.2, 0) is 12.4 Å². The Kier molecular flexibility index (Phi) is 7.86. The van der Waals surface area contributed by atoms with Crippen molar-refractivity contribution in [2.45, 2.75) is 12.4 Å². The topological polar surface area (TPSA) is 69.2 Å². The lowest BCUT2D eigenvalue weighted by molar-refractivity contribution is 0.284. The van der Waals surface area contributed by atoms with Crippen LogP contribution in [-0.4, -0.2) is 18.5 Å². The molecule has 0 amide bonds. The Bertz CT molecular complexity index is 1030. The molecule has 0 bridgehead atoms. The normalized spacial score (nSPS) is 11.6. The predicted octanol–water partition coefficient (Wildman–Crippen LogP) is 5.00. The summed E-state index contributed by atoms with van der Waals surface area (Å²) in [6.07, 6.45) is 1.59. The zero-order chi connectivity index (χ0) is 21.2. The SMILES string of the molecule is COc1cc(C=NN=C(N)SCc2ccccc2)ccc1OCc1cccc(F)c1. The summed E-state index contributed by atoms with van der Waals surface area (Å²) in [4.78, 5) is 0. The van der Waals surface area contributed by atoms with Crippen molar-refractivity contribution in [2.75, 3.05) is 7.11 Å². The van der Waals surface area contributed by atoms with Gasteiger partial charge in [0.15, 0.2) is 16.7 Å². The monoisotopic (exact) mass is 423 g/mol. The highest BCUT2D eigenvalue weighted by molar-refractivity contribution is 8.13. The summed E-state index contributed by atoms with van der Waals surface area (Å²) in [5, 5.41) is 8.44. The predicted molar refractivity (Wildman–Crippen MR) is 121 cm³/mol. The molecule has 3 aromatic carbocycles. The summed E-state index contributed by atoms with van der Waals surface area (Å²) < 4.78 is 24.4. The van der Waals surface area contributed by atoms with Crippen LogP contribution in [0.3, 0.4) is 0 Å². The molecule has 0 heterocycles. The number of hydrogen-bond acceptors (Lipinski definition) is 5. The summed E-state index contributed by atoms with van der Waals surface area (Å²) in [6.45, 7) is 0.237. The summed E-state index contributed by atoms with van der Waals surface area (Å²) >= 11 is 1.42. The van der Waals surface area contributed by atoms with Gasteiger partial charge < -0.3 is 15.2 Å². The minimum atomic E-state index is -0.295. The molecule has 0 aromatic heterocycles. The summed E-state index contributed by atoms with van der Waals surface area (Å²) in [7, 11) is 1.56. The van der Waals surface area contributed by atoms with Gasteiger partial charge in [-0.2, -0.15) is 5.10 Å². The second-order valence-corrected chi connectivity index (χ2v) is 7.28. The maximum Gasteiger partial charge on any atom is 0.180 e. The Balaban J connectivity index is 1.58. The zero-order valence-electron chi connectivity index (χ0n) is 16.5. The van der Waals surface area contributed by atoms with Crippen LogP contribution in [0.5, 0.6) is 11.5 Å². The van der Waals surface area contributed by atoms with E-state index >= 15 is 0 Å². The molecule has 0 aliphatic heterocycles. The van der Waals surface area contributed by atoms with Crippen molar-refractivity contribution in [2.24, 2.45) is 15.9 Å². The fraction of sp³-hybridized carbons (Fsp3) is 0.130. The molecule has 0 saturated heterocycles. The van der Waals surface area contributed by atoms with E-state index in [-0.39, 0.29) is 12.4 Å². The lowest BCUT2D eigenvalue weighted by Gasteiger charge is -2.11. The van der Waals surface area contributed by atoms with Crippen LogP contribution >= 0.6 is 11.8 Å². The van der Waals surface area contributed by atoms with Crippen LogP contribution in [0.2, 0.25) is 0 Å². The minimum Gasteiger partial charge on any atom is -0.493 e.